The summed E-state index contributed by atoms with van der Waals surface area (Å²) in [4.78, 5) is 0. The van der Waals surface area contributed by atoms with Crippen LogP contribution in [0.5, 0.6) is 0 Å². The molecule has 4 heteroatoms. The molecule has 1 aromatic rings. The molecule has 0 spiro atoms. The van der Waals surface area contributed by atoms with Gasteiger partial charge < -0.3 is 5.32 Å². The van der Waals surface area contributed by atoms with Crippen LogP contribution < -0.4 is 5.32 Å². The van der Waals surface area contributed by atoms with E-state index < -0.39 is 12.5 Å². The molecule has 78 valence electrons. The van der Waals surface area contributed by atoms with Gasteiger partial charge in [-0.3, -0.25) is 0 Å². The number of hydrogen-bond acceptors (Lipinski definition) is 1. The standard InChI is InChI=1S/C10H12BrF2N/c1-6-3-4-9(8(11)5-6)14-7(2)10(12)13/h3-5,7,10,14H,1-2H3. The molecule has 1 unspecified atom stereocenters. The van der Waals surface area contributed by atoms with Gasteiger partial charge in [0, 0.05) is 10.2 Å². The van der Waals surface area contributed by atoms with Gasteiger partial charge in [-0.05, 0) is 47.5 Å². The zero-order valence-electron chi connectivity index (χ0n) is 8.02. The van der Waals surface area contributed by atoms with Crippen LogP contribution in [0.4, 0.5) is 14.5 Å². The van der Waals surface area contributed by atoms with Crippen molar-refractivity contribution in [3.05, 3.63) is 28.2 Å². The number of alkyl halides is 2. The van der Waals surface area contributed by atoms with Gasteiger partial charge in [0.2, 0.25) is 0 Å². The maximum absolute atomic E-state index is 12.2. The van der Waals surface area contributed by atoms with Crippen LogP contribution in [0.25, 0.3) is 0 Å². The van der Waals surface area contributed by atoms with E-state index in [0.29, 0.717) is 5.69 Å². The molecule has 0 saturated carbocycles. The third-order valence-corrected chi connectivity index (χ3v) is 2.54. The first kappa shape index (κ1) is 11.4. The van der Waals surface area contributed by atoms with Crippen LogP contribution in [0.1, 0.15) is 12.5 Å². The molecule has 1 nitrogen and oxygen atoms in total. The van der Waals surface area contributed by atoms with Crippen LogP contribution >= 0.6 is 15.9 Å². The molecule has 0 aliphatic heterocycles. The lowest BCUT2D eigenvalue weighted by molar-refractivity contribution is 0.130. The van der Waals surface area contributed by atoms with E-state index in [2.05, 4.69) is 21.2 Å². The van der Waals surface area contributed by atoms with Crippen molar-refractivity contribution in [1.82, 2.24) is 0 Å². The molecule has 0 bridgehead atoms. The predicted molar refractivity (Wildman–Crippen MR) is 58.0 cm³/mol. The van der Waals surface area contributed by atoms with Gasteiger partial charge in [0.1, 0.15) is 0 Å². The van der Waals surface area contributed by atoms with Gasteiger partial charge in [-0.15, -0.1) is 0 Å². The Balaban J connectivity index is 2.77. The maximum Gasteiger partial charge on any atom is 0.258 e. The minimum Gasteiger partial charge on any atom is -0.376 e. The Morgan fingerprint density at radius 2 is 2.00 bits per heavy atom. The molecule has 1 rings (SSSR count). The summed E-state index contributed by atoms with van der Waals surface area (Å²) in [5.41, 5.74) is 1.79. The average molecular weight is 264 g/mol. The molecule has 1 N–H and O–H groups in total. The highest BCUT2D eigenvalue weighted by Gasteiger charge is 2.14. The second kappa shape index (κ2) is 4.73. The molecule has 0 aliphatic carbocycles. The van der Waals surface area contributed by atoms with Crippen molar-refractivity contribution in [2.24, 2.45) is 0 Å². The number of halogens is 3. The van der Waals surface area contributed by atoms with E-state index in [4.69, 9.17) is 0 Å². The van der Waals surface area contributed by atoms with Gasteiger partial charge in [0.05, 0.1) is 6.04 Å². The van der Waals surface area contributed by atoms with Crippen molar-refractivity contribution in [3.8, 4) is 0 Å². The van der Waals surface area contributed by atoms with Crippen LogP contribution in [0, 0.1) is 6.92 Å². The number of benzene rings is 1. The molecule has 14 heavy (non-hydrogen) atoms. The number of hydrogen-bond donors (Lipinski definition) is 1. The fourth-order valence-electron chi connectivity index (χ4n) is 1.05. The summed E-state index contributed by atoms with van der Waals surface area (Å²) in [6.45, 7) is 3.40. The normalized spacial score (nSPS) is 13.0. The van der Waals surface area contributed by atoms with Gasteiger partial charge in [0.15, 0.2) is 0 Å². The van der Waals surface area contributed by atoms with E-state index in [9.17, 15) is 8.78 Å². The Kier molecular flexibility index (Phi) is 3.86. The van der Waals surface area contributed by atoms with E-state index in [1.54, 1.807) is 6.07 Å². The molecular formula is C10H12BrF2N. The minimum atomic E-state index is -2.36. The zero-order valence-corrected chi connectivity index (χ0v) is 9.61. The van der Waals surface area contributed by atoms with E-state index in [0.717, 1.165) is 10.0 Å². The summed E-state index contributed by atoms with van der Waals surface area (Å²) in [5, 5.41) is 2.74. The number of aryl methyl sites for hydroxylation is 1. The number of nitrogens with one attached hydrogen (secondary N) is 1. The van der Waals surface area contributed by atoms with Crippen molar-refractivity contribution in [3.63, 3.8) is 0 Å². The molecule has 1 atom stereocenters. The van der Waals surface area contributed by atoms with E-state index in [1.165, 1.54) is 6.92 Å². The molecule has 0 radical (unpaired) electrons. The lowest BCUT2D eigenvalue weighted by atomic mass is 10.2. The highest BCUT2D eigenvalue weighted by atomic mass is 79.9. The van der Waals surface area contributed by atoms with Crippen molar-refractivity contribution >= 4 is 21.6 Å². The average Bonchev–Trinajstić information content (AvgIpc) is 2.09. The Labute approximate surface area is 90.6 Å². The summed E-state index contributed by atoms with van der Waals surface area (Å²) in [7, 11) is 0. The molecule has 0 fully saturated rings. The van der Waals surface area contributed by atoms with Gasteiger partial charge in [-0.1, -0.05) is 6.07 Å². The predicted octanol–water partition coefficient (Wildman–Crippen LogP) is 3.82. The number of rotatable bonds is 3. The summed E-state index contributed by atoms with van der Waals surface area (Å²) in [6.07, 6.45) is -2.36. The van der Waals surface area contributed by atoms with Crippen LogP contribution in [0.15, 0.2) is 22.7 Å². The molecule has 0 aromatic heterocycles. The topological polar surface area (TPSA) is 12.0 Å². The second-order valence-electron chi connectivity index (χ2n) is 3.25. The lowest BCUT2D eigenvalue weighted by Gasteiger charge is -2.15. The molecule has 0 saturated heterocycles. The van der Waals surface area contributed by atoms with E-state index in [-0.39, 0.29) is 0 Å². The van der Waals surface area contributed by atoms with Crippen LogP contribution in [-0.4, -0.2) is 12.5 Å². The van der Waals surface area contributed by atoms with Crippen molar-refractivity contribution in [2.45, 2.75) is 26.3 Å². The van der Waals surface area contributed by atoms with Crippen molar-refractivity contribution in [1.29, 1.82) is 0 Å². The Morgan fingerprint density at radius 1 is 1.36 bits per heavy atom. The highest BCUT2D eigenvalue weighted by molar-refractivity contribution is 9.10. The first-order valence-corrected chi connectivity index (χ1v) is 5.11. The summed E-state index contributed by atoms with van der Waals surface area (Å²) in [5.74, 6) is 0. The highest BCUT2D eigenvalue weighted by Crippen LogP contribution is 2.24. The molecule has 0 aliphatic rings. The van der Waals surface area contributed by atoms with Crippen LogP contribution in [0.2, 0.25) is 0 Å². The molecule has 0 heterocycles. The lowest BCUT2D eigenvalue weighted by Crippen LogP contribution is -2.23. The van der Waals surface area contributed by atoms with Gasteiger partial charge in [0.25, 0.3) is 6.43 Å². The zero-order chi connectivity index (χ0) is 10.7. The molecular weight excluding hydrogens is 252 g/mol. The smallest absolute Gasteiger partial charge is 0.258 e. The van der Waals surface area contributed by atoms with Gasteiger partial charge >= 0.3 is 0 Å². The summed E-state index contributed by atoms with van der Waals surface area (Å²) in [6, 6.07) is 4.72. The first-order chi connectivity index (χ1) is 6.50. The Bertz CT molecular complexity index is 315. The minimum absolute atomic E-state index is 0.698. The van der Waals surface area contributed by atoms with Gasteiger partial charge in [-0.25, -0.2) is 8.78 Å². The summed E-state index contributed by atoms with van der Waals surface area (Å²) < 4.78 is 25.3. The second-order valence-corrected chi connectivity index (χ2v) is 4.11. The Hall–Kier alpha value is -0.640. The quantitative estimate of drug-likeness (QED) is 0.875. The van der Waals surface area contributed by atoms with Crippen molar-refractivity contribution in [2.75, 3.05) is 5.32 Å². The maximum atomic E-state index is 12.2. The third kappa shape index (κ3) is 2.94. The fraction of sp³-hybridized carbons (Fsp3) is 0.400. The Morgan fingerprint density at radius 3 is 2.50 bits per heavy atom. The first-order valence-electron chi connectivity index (χ1n) is 4.31. The molecule has 0 amide bonds. The summed E-state index contributed by atoms with van der Waals surface area (Å²) >= 11 is 3.32. The molecule has 1 aromatic carbocycles. The van der Waals surface area contributed by atoms with Crippen LogP contribution in [0.3, 0.4) is 0 Å². The fourth-order valence-corrected chi connectivity index (χ4v) is 1.65. The monoisotopic (exact) mass is 263 g/mol. The van der Waals surface area contributed by atoms with E-state index >= 15 is 0 Å². The third-order valence-electron chi connectivity index (χ3n) is 1.89. The number of anilines is 1. The van der Waals surface area contributed by atoms with Crippen LogP contribution in [-0.2, 0) is 0 Å². The largest absolute Gasteiger partial charge is 0.376 e. The van der Waals surface area contributed by atoms with E-state index in [1.807, 2.05) is 19.1 Å². The van der Waals surface area contributed by atoms with Gasteiger partial charge in [-0.2, -0.15) is 0 Å². The SMILES string of the molecule is Cc1ccc(NC(C)C(F)F)c(Br)c1. The van der Waals surface area contributed by atoms with Crippen molar-refractivity contribution < 1.29 is 8.78 Å².